The summed E-state index contributed by atoms with van der Waals surface area (Å²) in [6, 6.07) is 0.348. The van der Waals surface area contributed by atoms with Crippen LogP contribution in [0.25, 0.3) is 0 Å². The van der Waals surface area contributed by atoms with Crippen molar-refractivity contribution in [3.05, 3.63) is 0 Å². The van der Waals surface area contributed by atoms with Crippen molar-refractivity contribution in [1.29, 1.82) is 0 Å². The van der Waals surface area contributed by atoms with E-state index in [1.54, 1.807) is 0 Å². The lowest BCUT2D eigenvalue weighted by atomic mass is 10.1. The second-order valence-electron chi connectivity index (χ2n) is 4.91. The van der Waals surface area contributed by atoms with Crippen molar-refractivity contribution in [3.63, 3.8) is 0 Å². The number of ether oxygens (including phenoxy) is 1. The van der Waals surface area contributed by atoms with Crippen LogP contribution in [0.5, 0.6) is 6.01 Å². The lowest BCUT2D eigenvalue weighted by molar-refractivity contribution is 0.234. The maximum Gasteiger partial charge on any atom is 0.323 e. The fourth-order valence-electron chi connectivity index (χ4n) is 2.44. The Morgan fingerprint density at radius 1 is 1.16 bits per heavy atom. The topological polar surface area (TPSA) is 77.2 Å². The van der Waals surface area contributed by atoms with Crippen LogP contribution in [0.4, 0.5) is 11.9 Å². The Kier molecular flexibility index (Phi) is 4.76. The molecule has 106 valence electrons. The van der Waals surface area contributed by atoms with E-state index in [0.29, 0.717) is 24.5 Å². The van der Waals surface area contributed by atoms with Crippen LogP contribution in [0.2, 0.25) is 0 Å². The molecule has 0 atom stereocenters. The zero-order valence-electron chi connectivity index (χ0n) is 11.8. The van der Waals surface area contributed by atoms with E-state index in [4.69, 9.17) is 10.5 Å². The highest BCUT2D eigenvalue weighted by atomic mass is 16.5. The van der Waals surface area contributed by atoms with Gasteiger partial charge in [0.05, 0.1) is 6.61 Å². The molecule has 6 heteroatoms. The van der Waals surface area contributed by atoms with Gasteiger partial charge in [-0.15, -0.1) is 0 Å². The Labute approximate surface area is 114 Å². The molecule has 0 spiro atoms. The fraction of sp³-hybridized carbons (Fsp3) is 0.769. The van der Waals surface area contributed by atoms with Gasteiger partial charge in [-0.1, -0.05) is 12.8 Å². The molecule has 0 unspecified atom stereocenters. The number of nitrogens with zero attached hydrogens (tertiary/aromatic N) is 4. The van der Waals surface area contributed by atoms with Gasteiger partial charge in [-0.05, 0) is 32.6 Å². The summed E-state index contributed by atoms with van der Waals surface area (Å²) in [5.74, 6) is 1.45. The van der Waals surface area contributed by atoms with Crippen molar-refractivity contribution >= 4 is 11.9 Å². The minimum atomic E-state index is 0.221. The van der Waals surface area contributed by atoms with Crippen LogP contribution in [-0.4, -0.2) is 34.6 Å². The number of rotatable bonds is 6. The van der Waals surface area contributed by atoms with E-state index >= 15 is 0 Å². The van der Waals surface area contributed by atoms with Crippen LogP contribution < -0.4 is 15.4 Å². The SMILES string of the molecule is CCN(CC)c1nc(N)nc(OCC2CCCC2)n1. The van der Waals surface area contributed by atoms with Crippen LogP contribution >= 0.6 is 0 Å². The maximum atomic E-state index is 5.72. The number of nitrogen functional groups attached to an aromatic ring is 1. The van der Waals surface area contributed by atoms with Crippen molar-refractivity contribution in [2.75, 3.05) is 30.3 Å². The van der Waals surface area contributed by atoms with Crippen LogP contribution in [0.1, 0.15) is 39.5 Å². The largest absolute Gasteiger partial charge is 0.463 e. The number of anilines is 2. The monoisotopic (exact) mass is 265 g/mol. The summed E-state index contributed by atoms with van der Waals surface area (Å²) in [4.78, 5) is 14.6. The predicted molar refractivity (Wildman–Crippen MR) is 75.3 cm³/mol. The fourth-order valence-corrected chi connectivity index (χ4v) is 2.44. The zero-order chi connectivity index (χ0) is 13.7. The van der Waals surface area contributed by atoms with Crippen LogP contribution in [0, 0.1) is 5.92 Å². The molecule has 1 fully saturated rings. The van der Waals surface area contributed by atoms with Gasteiger partial charge >= 0.3 is 6.01 Å². The van der Waals surface area contributed by atoms with Crippen molar-refractivity contribution in [3.8, 4) is 6.01 Å². The number of aromatic nitrogens is 3. The first-order valence-electron chi connectivity index (χ1n) is 7.12. The number of hydrogen-bond donors (Lipinski definition) is 1. The van der Waals surface area contributed by atoms with E-state index < -0.39 is 0 Å². The summed E-state index contributed by atoms with van der Waals surface area (Å²) in [5.41, 5.74) is 5.72. The van der Waals surface area contributed by atoms with Gasteiger partial charge in [0.1, 0.15) is 0 Å². The van der Waals surface area contributed by atoms with Gasteiger partial charge in [0, 0.05) is 13.1 Å². The molecule has 0 aliphatic heterocycles. The smallest absolute Gasteiger partial charge is 0.323 e. The Hall–Kier alpha value is -1.59. The van der Waals surface area contributed by atoms with Gasteiger partial charge in [-0.3, -0.25) is 0 Å². The van der Waals surface area contributed by atoms with Gasteiger partial charge in [-0.2, -0.15) is 15.0 Å². The third kappa shape index (κ3) is 3.68. The minimum Gasteiger partial charge on any atom is -0.463 e. The molecule has 2 rings (SSSR count). The minimum absolute atomic E-state index is 0.221. The third-order valence-corrected chi connectivity index (χ3v) is 3.59. The highest BCUT2D eigenvalue weighted by Crippen LogP contribution is 2.25. The first-order valence-corrected chi connectivity index (χ1v) is 7.12. The van der Waals surface area contributed by atoms with Crippen LogP contribution in [-0.2, 0) is 0 Å². The quantitative estimate of drug-likeness (QED) is 0.846. The van der Waals surface area contributed by atoms with E-state index in [9.17, 15) is 0 Å². The summed E-state index contributed by atoms with van der Waals surface area (Å²) in [7, 11) is 0. The van der Waals surface area contributed by atoms with Gasteiger partial charge in [-0.25, -0.2) is 0 Å². The van der Waals surface area contributed by atoms with Crippen molar-refractivity contribution < 1.29 is 4.74 Å². The molecule has 6 nitrogen and oxygen atoms in total. The average Bonchev–Trinajstić information content (AvgIpc) is 2.90. The molecule has 19 heavy (non-hydrogen) atoms. The highest BCUT2D eigenvalue weighted by molar-refractivity contribution is 5.35. The van der Waals surface area contributed by atoms with E-state index in [1.165, 1.54) is 25.7 Å². The van der Waals surface area contributed by atoms with E-state index in [-0.39, 0.29) is 5.95 Å². The molecular weight excluding hydrogens is 242 g/mol. The van der Waals surface area contributed by atoms with Gasteiger partial charge in [0.15, 0.2) is 0 Å². The summed E-state index contributed by atoms with van der Waals surface area (Å²) < 4.78 is 5.68. The zero-order valence-corrected chi connectivity index (χ0v) is 11.8. The first-order chi connectivity index (χ1) is 9.22. The van der Waals surface area contributed by atoms with Crippen LogP contribution in [0.15, 0.2) is 0 Å². The molecule has 1 aliphatic carbocycles. The Morgan fingerprint density at radius 2 is 1.84 bits per heavy atom. The molecular formula is C13H23N5O. The molecule has 1 aromatic heterocycles. The number of nitrogens with two attached hydrogens (primary N) is 1. The molecule has 1 heterocycles. The van der Waals surface area contributed by atoms with Crippen LogP contribution in [0.3, 0.4) is 0 Å². The lowest BCUT2D eigenvalue weighted by Gasteiger charge is -2.19. The predicted octanol–water partition coefficient (Wildman–Crippen LogP) is 1.87. The summed E-state index contributed by atoms with van der Waals surface area (Å²) >= 11 is 0. The standard InChI is InChI=1S/C13H23N5O/c1-3-18(4-2)12-15-11(14)16-13(17-12)19-9-10-7-5-6-8-10/h10H,3-9H2,1-2H3,(H2,14,15,16,17). The second-order valence-corrected chi connectivity index (χ2v) is 4.91. The van der Waals surface area contributed by atoms with Gasteiger partial charge in [0.2, 0.25) is 11.9 Å². The molecule has 2 N–H and O–H groups in total. The Morgan fingerprint density at radius 3 is 2.47 bits per heavy atom. The maximum absolute atomic E-state index is 5.72. The lowest BCUT2D eigenvalue weighted by Crippen LogP contribution is -2.25. The van der Waals surface area contributed by atoms with E-state index in [2.05, 4.69) is 28.8 Å². The Bertz CT molecular complexity index is 402. The normalized spacial score (nSPS) is 15.7. The first kappa shape index (κ1) is 13.8. The average molecular weight is 265 g/mol. The molecule has 0 bridgehead atoms. The van der Waals surface area contributed by atoms with Crippen molar-refractivity contribution in [2.24, 2.45) is 5.92 Å². The number of hydrogen-bond acceptors (Lipinski definition) is 6. The van der Waals surface area contributed by atoms with Gasteiger partial charge < -0.3 is 15.4 Å². The molecule has 0 saturated heterocycles. The molecule has 0 radical (unpaired) electrons. The van der Waals surface area contributed by atoms with E-state index in [0.717, 1.165) is 13.1 Å². The van der Waals surface area contributed by atoms with Gasteiger partial charge in [0.25, 0.3) is 0 Å². The molecule has 1 aromatic rings. The molecule has 0 aromatic carbocycles. The van der Waals surface area contributed by atoms with E-state index in [1.807, 2.05) is 4.90 Å². The molecule has 1 aliphatic rings. The second kappa shape index (κ2) is 6.54. The van der Waals surface area contributed by atoms with Crippen molar-refractivity contribution in [1.82, 2.24) is 15.0 Å². The summed E-state index contributed by atoms with van der Waals surface area (Å²) in [6.07, 6.45) is 5.09. The molecule has 1 saturated carbocycles. The summed E-state index contributed by atoms with van der Waals surface area (Å²) in [6.45, 7) is 6.47. The van der Waals surface area contributed by atoms with Crippen molar-refractivity contribution in [2.45, 2.75) is 39.5 Å². The molecule has 0 amide bonds. The summed E-state index contributed by atoms with van der Waals surface area (Å²) in [5, 5.41) is 0. The highest BCUT2D eigenvalue weighted by Gasteiger charge is 2.17. The Balaban J connectivity index is 2.03. The third-order valence-electron chi connectivity index (χ3n) is 3.59.